The maximum atomic E-state index is 14.2. The Balaban J connectivity index is 0.000000240. The monoisotopic (exact) mass is 472 g/mol. The van der Waals surface area contributed by atoms with E-state index in [1.165, 1.54) is 6.07 Å². The Morgan fingerprint density at radius 2 is 1.38 bits per heavy atom. The van der Waals surface area contributed by atoms with E-state index in [9.17, 15) is 8.78 Å². The number of nitrogens with two attached hydrogens (primary N) is 1. The summed E-state index contributed by atoms with van der Waals surface area (Å²) in [6.45, 7) is 8.83. The van der Waals surface area contributed by atoms with Gasteiger partial charge in [-0.1, -0.05) is 0 Å². The topological polar surface area (TPSA) is 123 Å². The van der Waals surface area contributed by atoms with Crippen molar-refractivity contribution in [3.05, 3.63) is 46.0 Å². The van der Waals surface area contributed by atoms with Gasteiger partial charge in [0.25, 0.3) is 0 Å². The average Bonchev–Trinajstić information content (AvgIpc) is 3.19. The molecule has 34 heavy (non-hydrogen) atoms. The molecule has 10 heteroatoms. The minimum absolute atomic E-state index is 0.0584. The van der Waals surface area contributed by atoms with Crippen LogP contribution in [0.4, 0.5) is 8.78 Å². The van der Waals surface area contributed by atoms with Crippen LogP contribution < -0.4 is 24.7 Å². The van der Waals surface area contributed by atoms with Crippen LogP contribution in [0.15, 0.2) is 17.1 Å². The van der Waals surface area contributed by atoms with E-state index in [2.05, 4.69) is 4.99 Å². The zero-order valence-corrected chi connectivity index (χ0v) is 19.5. The summed E-state index contributed by atoms with van der Waals surface area (Å²) in [5.41, 5.74) is 6.36. The summed E-state index contributed by atoms with van der Waals surface area (Å²) in [5, 5.41) is 17.6. The largest absolute Gasteiger partial charge is 0.490 e. The standard InChI is InChI=1S/C12H15FN2O2.C12H11FN2O2/c1-3-16-8-5-7-6-15-12(14)9(7)10(13)11(8)17-4-2;1-3-16-10-5-8(6-14)9(7-15)11(13)12(10)17-4-2/h5H,3-4,6H2,1-2H3,(H2,14,15);5H,3-4H2,1-2H3. The van der Waals surface area contributed by atoms with Crippen LogP contribution >= 0.6 is 0 Å². The Bertz CT molecular complexity index is 1150. The highest BCUT2D eigenvalue weighted by Crippen LogP contribution is 2.37. The van der Waals surface area contributed by atoms with Crippen molar-refractivity contribution in [3.8, 4) is 35.1 Å². The fourth-order valence-electron chi connectivity index (χ4n) is 3.20. The third kappa shape index (κ3) is 5.46. The first-order valence-electron chi connectivity index (χ1n) is 10.7. The van der Waals surface area contributed by atoms with E-state index in [4.69, 9.17) is 35.2 Å². The van der Waals surface area contributed by atoms with Crippen LogP contribution in [0.2, 0.25) is 0 Å². The van der Waals surface area contributed by atoms with Gasteiger partial charge in [0.15, 0.2) is 34.6 Å². The van der Waals surface area contributed by atoms with Crippen LogP contribution in [0, 0.1) is 34.3 Å². The number of rotatable bonds is 8. The molecule has 2 aromatic rings. The van der Waals surface area contributed by atoms with E-state index >= 15 is 0 Å². The summed E-state index contributed by atoms with van der Waals surface area (Å²) in [6.07, 6.45) is 0. The number of hydrogen-bond donors (Lipinski definition) is 1. The molecular formula is C24H26F2N4O4. The number of nitriles is 2. The molecule has 0 atom stereocenters. The summed E-state index contributed by atoms with van der Waals surface area (Å²) in [4.78, 5) is 4.01. The second kappa shape index (κ2) is 12.3. The van der Waals surface area contributed by atoms with Crippen LogP contribution in [0.1, 0.15) is 49.9 Å². The molecule has 0 bridgehead atoms. The highest BCUT2D eigenvalue weighted by Gasteiger charge is 2.25. The van der Waals surface area contributed by atoms with Gasteiger partial charge in [-0.3, -0.25) is 4.99 Å². The molecule has 180 valence electrons. The molecule has 0 radical (unpaired) electrons. The minimum atomic E-state index is -0.850. The number of hydrogen-bond acceptors (Lipinski definition) is 8. The van der Waals surface area contributed by atoms with Crippen LogP contribution in [-0.2, 0) is 6.54 Å². The second-order valence-electron chi connectivity index (χ2n) is 6.65. The third-order valence-electron chi connectivity index (χ3n) is 4.54. The molecule has 0 amide bonds. The quantitative estimate of drug-likeness (QED) is 0.610. The summed E-state index contributed by atoms with van der Waals surface area (Å²) >= 11 is 0. The maximum Gasteiger partial charge on any atom is 0.198 e. The molecule has 0 aromatic heterocycles. The summed E-state index contributed by atoms with van der Waals surface area (Å²) in [7, 11) is 0. The van der Waals surface area contributed by atoms with Crippen LogP contribution in [0.25, 0.3) is 0 Å². The average molecular weight is 472 g/mol. The number of fused-ring (bicyclic) bond motifs is 1. The molecule has 0 fully saturated rings. The molecule has 3 rings (SSSR count). The van der Waals surface area contributed by atoms with Gasteiger partial charge in [-0.05, 0) is 39.3 Å². The normalized spacial score (nSPS) is 11.2. The Labute approximate surface area is 197 Å². The van der Waals surface area contributed by atoms with Gasteiger partial charge in [0, 0.05) is 6.07 Å². The number of ether oxygens (including phenoxy) is 4. The number of aliphatic imine (C=N–C) groups is 1. The second-order valence-corrected chi connectivity index (χ2v) is 6.65. The van der Waals surface area contributed by atoms with E-state index in [0.717, 1.165) is 5.56 Å². The number of halogens is 2. The molecule has 1 aliphatic heterocycles. The molecule has 0 unspecified atom stereocenters. The van der Waals surface area contributed by atoms with E-state index in [-0.39, 0.29) is 40.8 Å². The van der Waals surface area contributed by atoms with E-state index in [0.29, 0.717) is 37.7 Å². The smallest absolute Gasteiger partial charge is 0.198 e. The van der Waals surface area contributed by atoms with Gasteiger partial charge in [0.2, 0.25) is 0 Å². The van der Waals surface area contributed by atoms with Crippen molar-refractivity contribution in [2.24, 2.45) is 10.7 Å². The van der Waals surface area contributed by atoms with E-state index in [1.807, 2.05) is 6.92 Å². The van der Waals surface area contributed by atoms with E-state index < -0.39 is 11.6 Å². The lowest BCUT2D eigenvalue weighted by Gasteiger charge is -2.14. The highest BCUT2D eigenvalue weighted by molar-refractivity contribution is 6.01. The first kappa shape index (κ1) is 26.2. The Morgan fingerprint density at radius 1 is 0.853 bits per heavy atom. The van der Waals surface area contributed by atoms with Crippen molar-refractivity contribution < 1.29 is 27.7 Å². The first-order valence-corrected chi connectivity index (χ1v) is 10.7. The fraction of sp³-hybridized carbons (Fsp3) is 0.375. The van der Waals surface area contributed by atoms with E-state index in [1.54, 1.807) is 39.0 Å². The van der Waals surface area contributed by atoms with Gasteiger partial charge in [-0.15, -0.1) is 0 Å². The lowest BCUT2D eigenvalue weighted by atomic mass is 10.1. The van der Waals surface area contributed by atoms with Gasteiger partial charge >= 0.3 is 0 Å². The van der Waals surface area contributed by atoms with Crippen molar-refractivity contribution in [2.45, 2.75) is 34.2 Å². The van der Waals surface area contributed by atoms with Crippen molar-refractivity contribution in [1.82, 2.24) is 0 Å². The van der Waals surface area contributed by atoms with Gasteiger partial charge in [0.05, 0.1) is 44.1 Å². The van der Waals surface area contributed by atoms with Crippen molar-refractivity contribution in [2.75, 3.05) is 26.4 Å². The highest BCUT2D eigenvalue weighted by atomic mass is 19.1. The van der Waals surface area contributed by atoms with Crippen molar-refractivity contribution in [3.63, 3.8) is 0 Å². The molecule has 2 aromatic carbocycles. The number of benzene rings is 2. The molecule has 0 saturated carbocycles. The molecular weight excluding hydrogens is 446 g/mol. The van der Waals surface area contributed by atoms with Gasteiger partial charge in [0.1, 0.15) is 23.5 Å². The molecule has 0 saturated heterocycles. The van der Waals surface area contributed by atoms with Crippen molar-refractivity contribution in [1.29, 1.82) is 10.5 Å². The molecule has 1 heterocycles. The first-order chi connectivity index (χ1) is 16.4. The lowest BCUT2D eigenvalue weighted by molar-refractivity contribution is 0.275. The van der Waals surface area contributed by atoms with Crippen LogP contribution in [0.5, 0.6) is 23.0 Å². The summed E-state index contributed by atoms with van der Waals surface area (Å²) in [6, 6.07) is 6.47. The predicted molar refractivity (Wildman–Crippen MR) is 121 cm³/mol. The fourth-order valence-corrected chi connectivity index (χ4v) is 3.20. The molecule has 0 spiro atoms. The van der Waals surface area contributed by atoms with Crippen LogP contribution in [-0.4, -0.2) is 32.3 Å². The Morgan fingerprint density at radius 3 is 1.88 bits per heavy atom. The number of amidine groups is 1. The summed E-state index contributed by atoms with van der Waals surface area (Å²) in [5.74, 6) is -0.555. The maximum absolute atomic E-state index is 14.2. The molecule has 8 nitrogen and oxygen atoms in total. The zero-order valence-electron chi connectivity index (χ0n) is 19.5. The third-order valence-corrected chi connectivity index (χ3v) is 4.54. The molecule has 2 N–H and O–H groups in total. The SMILES string of the molecule is CCOc1cc(C#N)c(C#N)c(F)c1OCC.CCOc1cc2c(c(F)c1OCC)C(N)=NC2. The lowest BCUT2D eigenvalue weighted by Crippen LogP contribution is -2.14. The predicted octanol–water partition coefficient (Wildman–Crippen LogP) is 4.21. The van der Waals surface area contributed by atoms with Gasteiger partial charge in [-0.2, -0.15) is 10.5 Å². The van der Waals surface area contributed by atoms with Gasteiger partial charge in [-0.25, -0.2) is 8.78 Å². The molecule has 0 aliphatic carbocycles. The summed E-state index contributed by atoms with van der Waals surface area (Å²) < 4.78 is 49.1. The van der Waals surface area contributed by atoms with Crippen molar-refractivity contribution >= 4 is 5.84 Å². The van der Waals surface area contributed by atoms with Crippen LogP contribution in [0.3, 0.4) is 0 Å². The molecule has 1 aliphatic rings. The Kier molecular flexibility index (Phi) is 9.45. The Hall–Kier alpha value is -4.05. The minimum Gasteiger partial charge on any atom is -0.490 e. The van der Waals surface area contributed by atoms with Gasteiger partial charge < -0.3 is 24.7 Å². The zero-order chi connectivity index (χ0) is 25.3. The number of nitrogens with zero attached hydrogens (tertiary/aromatic N) is 3.